The van der Waals surface area contributed by atoms with Gasteiger partial charge in [0.05, 0.1) is 0 Å². The first kappa shape index (κ1) is 23.5. The van der Waals surface area contributed by atoms with E-state index in [9.17, 15) is 4.79 Å². The number of amides is 1. The quantitative estimate of drug-likeness (QED) is 0.254. The van der Waals surface area contributed by atoms with Crippen LogP contribution in [0.1, 0.15) is 27.8 Å². The summed E-state index contributed by atoms with van der Waals surface area (Å²) in [5.41, 5.74) is 7.91. The third-order valence-corrected chi connectivity index (χ3v) is 6.70. The van der Waals surface area contributed by atoms with Crippen molar-refractivity contribution in [2.75, 3.05) is 5.32 Å². The van der Waals surface area contributed by atoms with Crippen molar-refractivity contribution >= 4 is 29.4 Å². The zero-order chi connectivity index (χ0) is 24.1. The number of aromatic nitrogens is 3. The number of benzene rings is 3. The normalized spacial score (nSPS) is 11.2. The van der Waals surface area contributed by atoms with Crippen molar-refractivity contribution in [2.45, 2.75) is 31.7 Å². The van der Waals surface area contributed by atoms with E-state index < -0.39 is 0 Å². The molecule has 6 heteroatoms. The monoisotopic (exact) mass is 468 g/mol. The van der Waals surface area contributed by atoms with Gasteiger partial charge in [0.2, 0.25) is 5.91 Å². The van der Waals surface area contributed by atoms with E-state index in [1.807, 2.05) is 66.2 Å². The van der Waals surface area contributed by atoms with E-state index in [-0.39, 0.29) is 5.91 Å². The lowest BCUT2D eigenvalue weighted by molar-refractivity contribution is -0.111. The third-order valence-electron chi connectivity index (χ3n) is 5.66. The van der Waals surface area contributed by atoms with E-state index in [4.69, 9.17) is 0 Å². The summed E-state index contributed by atoms with van der Waals surface area (Å²) in [5, 5.41) is 12.6. The second-order valence-corrected chi connectivity index (χ2v) is 9.28. The average molecular weight is 469 g/mol. The molecule has 0 saturated carbocycles. The van der Waals surface area contributed by atoms with E-state index in [0.29, 0.717) is 0 Å². The first-order chi connectivity index (χ1) is 16.4. The molecule has 4 aromatic rings. The number of carbonyl (C=O) groups excluding carboxylic acids is 1. The molecule has 1 N–H and O–H groups in total. The molecule has 0 aliphatic heterocycles. The molecular weight excluding hydrogens is 440 g/mol. The molecule has 3 aromatic carbocycles. The van der Waals surface area contributed by atoms with Crippen LogP contribution in [0.15, 0.2) is 78.0 Å². The van der Waals surface area contributed by atoms with E-state index in [2.05, 4.69) is 48.4 Å². The third kappa shape index (κ3) is 5.64. The first-order valence-electron chi connectivity index (χ1n) is 11.1. The highest BCUT2D eigenvalue weighted by atomic mass is 32.2. The number of anilines is 1. The molecule has 1 heterocycles. The molecule has 1 aromatic heterocycles. The molecule has 0 radical (unpaired) electrons. The van der Waals surface area contributed by atoms with Crippen LogP contribution < -0.4 is 5.32 Å². The molecule has 0 saturated heterocycles. The lowest BCUT2D eigenvalue weighted by atomic mass is 10.0. The van der Waals surface area contributed by atoms with Crippen LogP contribution in [0.3, 0.4) is 0 Å². The first-order valence-corrected chi connectivity index (χ1v) is 12.1. The predicted molar refractivity (Wildman–Crippen MR) is 141 cm³/mol. The summed E-state index contributed by atoms with van der Waals surface area (Å²) < 4.78 is 2.01. The Kier molecular flexibility index (Phi) is 7.28. The van der Waals surface area contributed by atoms with Crippen molar-refractivity contribution in [3.8, 4) is 11.4 Å². The van der Waals surface area contributed by atoms with Gasteiger partial charge >= 0.3 is 0 Å². The van der Waals surface area contributed by atoms with Crippen molar-refractivity contribution in [1.29, 1.82) is 0 Å². The fraction of sp³-hybridized carbons (Fsp3) is 0.179. The van der Waals surface area contributed by atoms with Gasteiger partial charge in [0, 0.05) is 30.1 Å². The minimum absolute atomic E-state index is 0.171. The molecule has 0 spiro atoms. The second-order valence-electron chi connectivity index (χ2n) is 8.34. The van der Waals surface area contributed by atoms with Crippen LogP contribution >= 0.6 is 11.8 Å². The number of carbonyl (C=O) groups is 1. The largest absolute Gasteiger partial charge is 0.323 e. The minimum atomic E-state index is -0.171. The number of hydrogen-bond acceptors (Lipinski definition) is 4. The van der Waals surface area contributed by atoms with Crippen LogP contribution in [-0.2, 0) is 17.6 Å². The number of nitrogens with zero attached hydrogens (tertiary/aromatic N) is 3. The summed E-state index contributed by atoms with van der Waals surface area (Å²) in [6.45, 7) is 6.45. The van der Waals surface area contributed by atoms with Crippen molar-refractivity contribution in [3.05, 3.63) is 101 Å². The van der Waals surface area contributed by atoms with Crippen LogP contribution in [0.4, 0.5) is 5.69 Å². The molecular formula is C28H28N4OS. The van der Waals surface area contributed by atoms with Gasteiger partial charge in [-0.3, -0.25) is 4.79 Å². The summed E-state index contributed by atoms with van der Waals surface area (Å²) in [4.78, 5) is 12.2. The smallest absolute Gasteiger partial charge is 0.248 e. The van der Waals surface area contributed by atoms with E-state index in [1.54, 1.807) is 17.8 Å². The number of hydrogen-bond donors (Lipinski definition) is 1. The van der Waals surface area contributed by atoms with Gasteiger partial charge in [-0.1, -0.05) is 59.8 Å². The molecule has 4 rings (SSSR count). The predicted octanol–water partition coefficient (Wildman–Crippen LogP) is 6.35. The van der Waals surface area contributed by atoms with Crippen LogP contribution in [0.5, 0.6) is 0 Å². The molecule has 5 nitrogen and oxygen atoms in total. The van der Waals surface area contributed by atoms with Crippen molar-refractivity contribution in [1.82, 2.24) is 14.8 Å². The zero-order valence-corrected chi connectivity index (χ0v) is 20.7. The maximum Gasteiger partial charge on any atom is 0.248 e. The highest BCUT2D eigenvalue weighted by Gasteiger charge is 2.13. The second kappa shape index (κ2) is 10.5. The van der Waals surface area contributed by atoms with Gasteiger partial charge in [0.15, 0.2) is 11.0 Å². The van der Waals surface area contributed by atoms with Gasteiger partial charge in [0.1, 0.15) is 0 Å². The molecule has 0 atom stereocenters. The number of rotatable bonds is 7. The Morgan fingerprint density at radius 3 is 2.32 bits per heavy atom. The Bertz CT molecular complexity index is 1300. The summed E-state index contributed by atoms with van der Waals surface area (Å²) in [7, 11) is 1.98. The van der Waals surface area contributed by atoms with E-state index in [0.717, 1.165) is 33.5 Å². The van der Waals surface area contributed by atoms with Crippen molar-refractivity contribution < 1.29 is 4.79 Å². The van der Waals surface area contributed by atoms with Crippen LogP contribution in [-0.4, -0.2) is 20.7 Å². The summed E-state index contributed by atoms with van der Waals surface area (Å²) in [6, 6.07) is 21.8. The Labute approximate surface area is 204 Å². The fourth-order valence-corrected chi connectivity index (χ4v) is 5.00. The average Bonchev–Trinajstić information content (AvgIpc) is 3.18. The van der Waals surface area contributed by atoms with E-state index >= 15 is 0 Å². The van der Waals surface area contributed by atoms with Crippen molar-refractivity contribution in [3.63, 3.8) is 0 Å². The molecule has 0 unspecified atom stereocenters. The Balaban J connectivity index is 1.40. The van der Waals surface area contributed by atoms with Gasteiger partial charge in [-0.25, -0.2) is 0 Å². The van der Waals surface area contributed by atoms with Gasteiger partial charge < -0.3 is 9.88 Å². The lowest BCUT2D eigenvalue weighted by Crippen LogP contribution is -2.07. The van der Waals surface area contributed by atoms with Gasteiger partial charge in [-0.15, -0.1) is 10.2 Å². The molecule has 0 aliphatic rings. The summed E-state index contributed by atoms with van der Waals surface area (Å²) in [6.07, 6.45) is 3.33. The van der Waals surface area contributed by atoms with Gasteiger partial charge in [-0.05, 0) is 73.4 Å². The molecule has 0 bridgehead atoms. The zero-order valence-electron chi connectivity index (χ0n) is 19.9. The summed E-state index contributed by atoms with van der Waals surface area (Å²) in [5.74, 6) is 1.48. The van der Waals surface area contributed by atoms with Gasteiger partial charge in [-0.2, -0.15) is 0 Å². The maximum absolute atomic E-state index is 12.2. The standard InChI is InChI=1S/C28H28N4OS/c1-19-16-20(2)25(21(3)17-19)18-34-28-31-30-27(32(28)4)23-11-13-24(14-12-23)29-26(33)15-10-22-8-6-5-7-9-22/h5-17H,18H2,1-4H3,(H,29,33)/b15-10+. The molecule has 0 aliphatic carbocycles. The van der Waals surface area contributed by atoms with Gasteiger partial charge in [0.25, 0.3) is 0 Å². The number of thioether (sulfide) groups is 1. The molecule has 1 amide bonds. The van der Waals surface area contributed by atoms with Crippen LogP contribution in [0.25, 0.3) is 17.5 Å². The fourth-order valence-electron chi connectivity index (χ4n) is 3.89. The SMILES string of the molecule is Cc1cc(C)c(CSc2nnc(-c3ccc(NC(=O)/C=C/c4ccccc4)cc3)n2C)c(C)c1. The Morgan fingerprint density at radius 1 is 0.971 bits per heavy atom. The maximum atomic E-state index is 12.2. The molecule has 0 fully saturated rings. The Morgan fingerprint density at radius 2 is 1.65 bits per heavy atom. The van der Waals surface area contributed by atoms with Crippen LogP contribution in [0, 0.1) is 20.8 Å². The molecule has 172 valence electrons. The highest BCUT2D eigenvalue weighted by molar-refractivity contribution is 7.98. The number of aryl methyl sites for hydroxylation is 3. The van der Waals surface area contributed by atoms with E-state index in [1.165, 1.54) is 28.3 Å². The summed E-state index contributed by atoms with van der Waals surface area (Å²) >= 11 is 1.69. The molecule has 34 heavy (non-hydrogen) atoms. The topological polar surface area (TPSA) is 59.8 Å². The Hall–Kier alpha value is -3.64. The minimum Gasteiger partial charge on any atom is -0.323 e. The number of nitrogens with one attached hydrogen (secondary N) is 1. The highest BCUT2D eigenvalue weighted by Crippen LogP contribution is 2.28. The van der Waals surface area contributed by atoms with Crippen molar-refractivity contribution in [2.24, 2.45) is 7.05 Å². The van der Waals surface area contributed by atoms with Crippen LogP contribution in [0.2, 0.25) is 0 Å². The lowest BCUT2D eigenvalue weighted by Gasteiger charge is -2.11.